The number of furan rings is 1. The van der Waals surface area contributed by atoms with Crippen molar-refractivity contribution in [3.8, 4) is 11.5 Å². The average molecular weight is 434 g/mol. The van der Waals surface area contributed by atoms with Crippen LogP contribution in [0.15, 0.2) is 69.6 Å². The van der Waals surface area contributed by atoms with E-state index in [0.717, 1.165) is 4.47 Å². The van der Waals surface area contributed by atoms with E-state index in [-0.39, 0.29) is 18.1 Å². The SMILES string of the molecule is O=C(/C=C/c1ccc(COc2ccc(Br)cc2Cl)o1)c1cccc(O)c1. The number of ketones is 1. The van der Waals surface area contributed by atoms with Gasteiger partial charge in [-0.1, -0.05) is 39.7 Å². The molecule has 132 valence electrons. The summed E-state index contributed by atoms with van der Waals surface area (Å²) in [6, 6.07) is 15.0. The Labute approximate surface area is 163 Å². The van der Waals surface area contributed by atoms with Crippen LogP contribution < -0.4 is 4.74 Å². The summed E-state index contributed by atoms with van der Waals surface area (Å²) in [6.07, 6.45) is 2.96. The van der Waals surface area contributed by atoms with Gasteiger partial charge in [-0.3, -0.25) is 4.79 Å². The van der Waals surface area contributed by atoms with Gasteiger partial charge in [0, 0.05) is 10.0 Å². The lowest BCUT2D eigenvalue weighted by Gasteiger charge is -2.06. The zero-order valence-corrected chi connectivity index (χ0v) is 15.8. The van der Waals surface area contributed by atoms with Gasteiger partial charge in [0.2, 0.25) is 0 Å². The van der Waals surface area contributed by atoms with Crippen LogP contribution in [0.4, 0.5) is 0 Å². The Morgan fingerprint density at radius 2 is 2.04 bits per heavy atom. The van der Waals surface area contributed by atoms with Crippen molar-refractivity contribution < 1.29 is 19.1 Å². The summed E-state index contributed by atoms with van der Waals surface area (Å²) in [5, 5.41) is 9.92. The van der Waals surface area contributed by atoms with Crippen LogP contribution in [-0.2, 0) is 6.61 Å². The van der Waals surface area contributed by atoms with Crippen molar-refractivity contribution >= 4 is 39.4 Å². The van der Waals surface area contributed by atoms with Crippen molar-refractivity contribution in [2.45, 2.75) is 6.61 Å². The molecule has 0 aliphatic heterocycles. The molecule has 1 heterocycles. The number of carbonyl (C=O) groups excluding carboxylic acids is 1. The van der Waals surface area contributed by atoms with Crippen LogP contribution in [0.25, 0.3) is 6.08 Å². The maximum Gasteiger partial charge on any atom is 0.186 e. The Hall–Kier alpha value is -2.50. The van der Waals surface area contributed by atoms with Crippen LogP contribution in [0.3, 0.4) is 0 Å². The fraction of sp³-hybridized carbons (Fsp3) is 0.0500. The largest absolute Gasteiger partial charge is 0.508 e. The van der Waals surface area contributed by atoms with Crippen molar-refractivity contribution in [1.29, 1.82) is 0 Å². The summed E-state index contributed by atoms with van der Waals surface area (Å²) in [6.45, 7) is 0.218. The number of ether oxygens (including phenoxy) is 1. The Bertz CT molecular complexity index is 962. The van der Waals surface area contributed by atoms with E-state index in [1.54, 1.807) is 42.5 Å². The van der Waals surface area contributed by atoms with Gasteiger partial charge in [0.1, 0.15) is 29.6 Å². The number of rotatable bonds is 6. The molecule has 2 aromatic carbocycles. The molecule has 26 heavy (non-hydrogen) atoms. The van der Waals surface area contributed by atoms with Crippen molar-refractivity contribution in [3.05, 3.63) is 87.3 Å². The molecule has 3 rings (SSSR count). The van der Waals surface area contributed by atoms with E-state index in [4.69, 9.17) is 20.8 Å². The maximum absolute atomic E-state index is 12.1. The number of hydrogen-bond acceptors (Lipinski definition) is 4. The minimum atomic E-state index is -0.225. The highest BCUT2D eigenvalue weighted by Crippen LogP contribution is 2.28. The predicted octanol–water partition coefficient (Wildman–Crippen LogP) is 5.88. The number of phenolic OH excluding ortho intramolecular Hbond substituents is 1. The Morgan fingerprint density at radius 3 is 2.81 bits per heavy atom. The van der Waals surface area contributed by atoms with Crippen molar-refractivity contribution in [1.82, 2.24) is 0 Å². The molecule has 0 saturated heterocycles. The fourth-order valence-corrected chi connectivity index (χ4v) is 2.94. The van der Waals surface area contributed by atoms with Gasteiger partial charge >= 0.3 is 0 Å². The summed E-state index contributed by atoms with van der Waals surface area (Å²) in [7, 11) is 0. The lowest BCUT2D eigenvalue weighted by atomic mass is 10.1. The number of hydrogen-bond donors (Lipinski definition) is 1. The number of allylic oxidation sites excluding steroid dienone is 1. The molecule has 0 aliphatic carbocycles. The van der Waals surface area contributed by atoms with E-state index in [0.29, 0.717) is 27.9 Å². The minimum Gasteiger partial charge on any atom is -0.508 e. The molecule has 1 N–H and O–H groups in total. The van der Waals surface area contributed by atoms with Crippen LogP contribution >= 0.6 is 27.5 Å². The van der Waals surface area contributed by atoms with Crippen molar-refractivity contribution in [2.75, 3.05) is 0 Å². The van der Waals surface area contributed by atoms with Gasteiger partial charge in [0.25, 0.3) is 0 Å². The number of carbonyl (C=O) groups is 1. The monoisotopic (exact) mass is 432 g/mol. The van der Waals surface area contributed by atoms with Gasteiger partial charge in [-0.15, -0.1) is 0 Å². The number of phenols is 1. The van der Waals surface area contributed by atoms with Gasteiger partial charge in [-0.25, -0.2) is 0 Å². The lowest BCUT2D eigenvalue weighted by molar-refractivity contribution is 0.104. The molecular weight excluding hydrogens is 420 g/mol. The van der Waals surface area contributed by atoms with Gasteiger partial charge in [-0.05, 0) is 54.6 Å². The molecule has 6 heteroatoms. The molecule has 0 aliphatic rings. The molecule has 1 aromatic heterocycles. The van der Waals surface area contributed by atoms with Crippen molar-refractivity contribution in [2.24, 2.45) is 0 Å². The van der Waals surface area contributed by atoms with Crippen molar-refractivity contribution in [3.63, 3.8) is 0 Å². The number of aromatic hydroxyl groups is 1. The highest BCUT2D eigenvalue weighted by Gasteiger charge is 2.06. The maximum atomic E-state index is 12.1. The second-order valence-electron chi connectivity index (χ2n) is 5.42. The third-order valence-corrected chi connectivity index (χ3v) is 4.26. The van der Waals surface area contributed by atoms with Gasteiger partial charge in [-0.2, -0.15) is 0 Å². The molecule has 0 fully saturated rings. The standard InChI is InChI=1S/C20H14BrClO4/c21-14-4-9-20(18(22)11-14)25-12-17-6-5-16(26-17)7-8-19(24)13-2-1-3-15(23)10-13/h1-11,23H,12H2/b8-7+. The summed E-state index contributed by atoms with van der Waals surface area (Å²) >= 11 is 9.44. The smallest absolute Gasteiger partial charge is 0.186 e. The summed E-state index contributed by atoms with van der Waals surface area (Å²) in [4.78, 5) is 12.1. The van der Waals surface area contributed by atoms with Crippen LogP contribution in [0.2, 0.25) is 5.02 Å². The first-order valence-corrected chi connectivity index (χ1v) is 8.86. The molecule has 0 unspecified atom stereocenters. The molecule has 0 atom stereocenters. The first-order valence-electron chi connectivity index (χ1n) is 7.69. The first kappa shape index (κ1) is 18.3. The predicted molar refractivity (Wildman–Crippen MR) is 104 cm³/mol. The molecule has 0 spiro atoms. The number of halogens is 2. The molecule has 4 nitrogen and oxygen atoms in total. The van der Waals surface area contributed by atoms with Crippen LogP contribution in [0, 0.1) is 0 Å². The third-order valence-electron chi connectivity index (χ3n) is 3.48. The lowest BCUT2D eigenvalue weighted by Crippen LogP contribution is -1.94. The molecule has 0 amide bonds. The van der Waals surface area contributed by atoms with E-state index in [9.17, 15) is 9.90 Å². The Morgan fingerprint density at radius 1 is 1.19 bits per heavy atom. The molecule has 3 aromatic rings. The highest BCUT2D eigenvalue weighted by atomic mass is 79.9. The van der Waals surface area contributed by atoms with E-state index < -0.39 is 0 Å². The Balaban J connectivity index is 1.61. The van der Waals surface area contributed by atoms with E-state index in [2.05, 4.69) is 15.9 Å². The molecule has 0 radical (unpaired) electrons. The highest BCUT2D eigenvalue weighted by molar-refractivity contribution is 9.10. The topological polar surface area (TPSA) is 59.7 Å². The van der Waals surface area contributed by atoms with Crippen LogP contribution in [0.5, 0.6) is 11.5 Å². The average Bonchev–Trinajstić information content (AvgIpc) is 3.07. The molecule has 0 bridgehead atoms. The quantitative estimate of drug-likeness (QED) is 0.390. The second-order valence-corrected chi connectivity index (χ2v) is 6.74. The first-order chi connectivity index (χ1) is 12.5. The Kier molecular flexibility index (Phi) is 5.81. The summed E-state index contributed by atoms with van der Waals surface area (Å²) in [5.74, 6) is 1.51. The van der Waals surface area contributed by atoms with Gasteiger partial charge in [0.15, 0.2) is 5.78 Å². The fourth-order valence-electron chi connectivity index (χ4n) is 2.22. The molecule has 0 saturated carbocycles. The third kappa shape index (κ3) is 4.77. The van der Waals surface area contributed by atoms with Crippen LogP contribution in [-0.4, -0.2) is 10.9 Å². The van der Waals surface area contributed by atoms with E-state index in [1.165, 1.54) is 18.2 Å². The summed E-state index contributed by atoms with van der Waals surface area (Å²) < 4.78 is 12.1. The van der Waals surface area contributed by atoms with Gasteiger partial charge in [0.05, 0.1) is 5.02 Å². The normalized spacial score (nSPS) is 11.0. The number of benzene rings is 2. The zero-order chi connectivity index (χ0) is 18.5. The van der Waals surface area contributed by atoms with Gasteiger partial charge < -0.3 is 14.3 Å². The van der Waals surface area contributed by atoms with E-state index >= 15 is 0 Å². The summed E-state index contributed by atoms with van der Waals surface area (Å²) in [5.41, 5.74) is 0.404. The minimum absolute atomic E-state index is 0.0493. The zero-order valence-electron chi connectivity index (χ0n) is 13.5. The van der Waals surface area contributed by atoms with Crippen LogP contribution in [0.1, 0.15) is 21.9 Å². The second kappa shape index (κ2) is 8.25. The molecular formula is C20H14BrClO4. The van der Waals surface area contributed by atoms with E-state index in [1.807, 2.05) is 6.07 Å².